The molecule has 0 fully saturated rings. The van der Waals surface area contributed by atoms with E-state index in [1.165, 1.54) is 26.1 Å². The number of esters is 1. The van der Waals surface area contributed by atoms with Crippen LogP contribution in [-0.2, 0) is 4.74 Å². The summed E-state index contributed by atoms with van der Waals surface area (Å²) >= 11 is 0. The standard InChI is InChI=1S/C18H19NO4/c1-10-5-6-11(2)15(7-10)17(21)13(4)23-18(22)16-8-14(9-19-16)12(3)20/h5-9,13,19H,1-4H3/t13-/m0/s1. The van der Waals surface area contributed by atoms with Crippen LogP contribution in [0.25, 0.3) is 0 Å². The Bertz CT molecular complexity index is 773. The maximum absolute atomic E-state index is 12.5. The van der Waals surface area contributed by atoms with E-state index in [0.717, 1.165) is 11.1 Å². The number of aromatic nitrogens is 1. The number of aromatic amines is 1. The summed E-state index contributed by atoms with van der Waals surface area (Å²) in [6.45, 7) is 6.68. The second-order valence-electron chi connectivity index (χ2n) is 5.59. The number of H-pyrrole nitrogens is 1. The number of ketones is 2. The quantitative estimate of drug-likeness (QED) is 0.679. The molecule has 1 N–H and O–H groups in total. The highest BCUT2D eigenvalue weighted by Gasteiger charge is 2.22. The number of carbonyl (C=O) groups excluding carboxylic acids is 3. The Morgan fingerprint density at radius 1 is 1.13 bits per heavy atom. The lowest BCUT2D eigenvalue weighted by atomic mass is 9.99. The van der Waals surface area contributed by atoms with Gasteiger partial charge in [-0.1, -0.05) is 17.7 Å². The lowest BCUT2D eigenvalue weighted by molar-refractivity contribution is 0.0313. The van der Waals surface area contributed by atoms with Gasteiger partial charge in [-0.2, -0.15) is 0 Å². The molecular weight excluding hydrogens is 294 g/mol. The fourth-order valence-electron chi connectivity index (χ4n) is 2.21. The molecular formula is C18H19NO4. The first kappa shape index (κ1) is 16.7. The van der Waals surface area contributed by atoms with E-state index in [1.807, 2.05) is 26.0 Å². The Morgan fingerprint density at radius 3 is 2.43 bits per heavy atom. The van der Waals surface area contributed by atoms with Crippen molar-refractivity contribution in [2.75, 3.05) is 0 Å². The van der Waals surface area contributed by atoms with E-state index in [9.17, 15) is 14.4 Å². The van der Waals surface area contributed by atoms with Gasteiger partial charge in [0.15, 0.2) is 11.9 Å². The number of Topliss-reactive ketones (excluding diaryl/α,β-unsaturated/α-hetero) is 2. The van der Waals surface area contributed by atoms with Crippen molar-refractivity contribution in [3.63, 3.8) is 0 Å². The maximum Gasteiger partial charge on any atom is 0.355 e. The highest BCUT2D eigenvalue weighted by molar-refractivity contribution is 6.03. The Labute approximate surface area is 134 Å². The molecule has 23 heavy (non-hydrogen) atoms. The summed E-state index contributed by atoms with van der Waals surface area (Å²) in [7, 11) is 0. The van der Waals surface area contributed by atoms with Crippen LogP contribution < -0.4 is 0 Å². The van der Waals surface area contributed by atoms with Gasteiger partial charge in [0.2, 0.25) is 5.78 Å². The topological polar surface area (TPSA) is 76.2 Å². The van der Waals surface area contributed by atoms with Crippen molar-refractivity contribution in [2.24, 2.45) is 0 Å². The van der Waals surface area contributed by atoms with Crippen molar-refractivity contribution in [2.45, 2.75) is 33.8 Å². The number of rotatable bonds is 5. The number of aryl methyl sites for hydroxylation is 2. The van der Waals surface area contributed by atoms with Gasteiger partial charge in [0.05, 0.1) is 0 Å². The molecule has 0 saturated heterocycles. The molecule has 2 aromatic rings. The number of ether oxygens (including phenoxy) is 1. The summed E-state index contributed by atoms with van der Waals surface area (Å²) in [5.41, 5.74) is 2.89. The summed E-state index contributed by atoms with van der Waals surface area (Å²) in [5, 5.41) is 0. The molecule has 0 amide bonds. The van der Waals surface area contributed by atoms with E-state index < -0.39 is 12.1 Å². The van der Waals surface area contributed by atoms with Gasteiger partial charge in [-0.15, -0.1) is 0 Å². The zero-order chi connectivity index (χ0) is 17.1. The molecule has 2 rings (SSSR count). The molecule has 5 nitrogen and oxygen atoms in total. The van der Waals surface area contributed by atoms with Crippen LogP contribution in [0.1, 0.15) is 56.2 Å². The minimum Gasteiger partial charge on any atom is -0.450 e. The molecule has 120 valence electrons. The first-order valence-electron chi connectivity index (χ1n) is 7.31. The van der Waals surface area contributed by atoms with Crippen LogP contribution in [0, 0.1) is 13.8 Å². The second kappa shape index (κ2) is 6.60. The highest BCUT2D eigenvalue weighted by atomic mass is 16.5. The number of carbonyl (C=O) groups is 3. The molecule has 0 radical (unpaired) electrons. The van der Waals surface area contributed by atoms with E-state index in [2.05, 4.69) is 4.98 Å². The molecule has 1 atom stereocenters. The van der Waals surface area contributed by atoms with Gasteiger partial charge in [0, 0.05) is 17.3 Å². The van der Waals surface area contributed by atoms with Gasteiger partial charge in [-0.3, -0.25) is 9.59 Å². The molecule has 1 aromatic heterocycles. The molecule has 0 saturated carbocycles. The molecule has 1 heterocycles. The van der Waals surface area contributed by atoms with Gasteiger partial charge < -0.3 is 9.72 Å². The predicted octanol–water partition coefficient (Wildman–Crippen LogP) is 3.26. The van der Waals surface area contributed by atoms with Crippen LogP contribution in [0.2, 0.25) is 0 Å². The molecule has 5 heteroatoms. The molecule has 0 aliphatic carbocycles. The first-order valence-corrected chi connectivity index (χ1v) is 7.31. The summed E-state index contributed by atoms with van der Waals surface area (Å²) in [6.07, 6.45) is 0.530. The van der Waals surface area contributed by atoms with Crippen molar-refractivity contribution in [1.82, 2.24) is 4.98 Å². The van der Waals surface area contributed by atoms with Gasteiger partial charge in [-0.25, -0.2) is 4.79 Å². The van der Waals surface area contributed by atoms with Gasteiger partial charge in [0.1, 0.15) is 5.69 Å². The summed E-state index contributed by atoms with van der Waals surface area (Å²) < 4.78 is 5.21. The molecule has 0 aliphatic heterocycles. The molecule has 0 aliphatic rings. The maximum atomic E-state index is 12.5. The van der Waals surface area contributed by atoms with Crippen LogP contribution >= 0.6 is 0 Å². The lowest BCUT2D eigenvalue weighted by Crippen LogP contribution is -2.25. The Hall–Kier alpha value is -2.69. The van der Waals surface area contributed by atoms with Crippen molar-refractivity contribution in [3.8, 4) is 0 Å². The summed E-state index contributed by atoms with van der Waals surface area (Å²) in [5.74, 6) is -1.07. The Balaban J connectivity index is 2.12. The third-order valence-electron chi connectivity index (χ3n) is 3.62. The van der Waals surface area contributed by atoms with Crippen molar-refractivity contribution >= 4 is 17.5 Å². The normalized spacial score (nSPS) is 11.8. The number of nitrogens with one attached hydrogen (secondary N) is 1. The van der Waals surface area contributed by atoms with E-state index in [1.54, 1.807) is 6.07 Å². The van der Waals surface area contributed by atoms with Crippen LogP contribution in [0.5, 0.6) is 0 Å². The van der Waals surface area contributed by atoms with Crippen LogP contribution in [-0.4, -0.2) is 28.6 Å². The van der Waals surface area contributed by atoms with Crippen molar-refractivity contribution in [1.29, 1.82) is 0 Å². The minimum absolute atomic E-state index is 0.149. The lowest BCUT2D eigenvalue weighted by Gasteiger charge is -2.13. The number of hydrogen-bond donors (Lipinski definition) is 1. The van der Waals surface area contributed by atoms with Gasteiger partial charge in [0.25, 0.3) is 0 Å². The largest absolute Gasteiger partial charge is 0.450 e. The highest BCUT2D eigenvalue weighted by Crippen LogP contribution is 2.15. The molecule has 0 bridgehead atoms. The van der Waals surface area contributed by atoms with E-state index in [0.29, 0.717) is 11.1 Å². The Morgan fingerprint density at radius 2 is 1.83 bits per heavy atom. The number of hydrogen-bond acceptors (Lipinski definition) is 4. The van der Waals surface area contributed by atoms with E-state index in [-0.39, 0.29) is 17.3 Å². The first-order chi connectivity index (χ1) is 10.8. The minimum atomic E-state index is -0.910. The summed E-state index contributed by atoms with van der Waals surface area (Å²) in [4.78, 5) is 38.4. The fourth-order valence-corrected chi connectivity index (χ4v) is 2.21. The van der Waals surface area contributed by atoms with Crippen molar-refractivity contribution < 1.29 is 19.1 Å². The SMILES string of the molecule is CC(=O)c1c[nH]c(C(=O)O[C@@H](C)C(=O)c2cc(C)ccc2C)c1. The van der Waals surface area contributed by atoms with Crippen LogP contribution in [0.4, 0.5) is 0 Å². The zero-order valence-corrected chi connectivity index (χ0v) is 13.6. The summed E-state index contributed by atoms with van der Waals surface area (Å²) in [6, 6.07) is 6.98. The average molecular weight is 313 g/mol. The van der Waals surface area contributed by atoms with Gasteiger partial charge >= 0.3 is 5.97 Å². The van der Waals surface area contributed by atoms with E-state index in [4.69, 9.17) is 4.74 Å². The third-order valence-corrected chi connectivity index (χ3v) is 3.62. The van der Waals surface area contributed by atoms with E-state index >= 15 is 0 Å². The van der Waals surface area contributed by atoms with Crippen molar-refractivity contribution in [3.05, 3.63) is 58.4 Å². The molecule has 0 spiro atoms. The third kappa shape index (κ3) is 3.74. The van der Waals surface area contributed by atoms with Gasteiger partial charge in [-0.05, 0) is 45.4 Å². The second-order valence-corrected chi connectivity index (χ2v) is 5.59. The smallest absolute Gasteiger partial charge is 0.355 e. The zero-order valence-electron chi connectivity index (χ0n) is 13.6. The number of benzene rings is 1. The monoisotopic (exact) mass is 313 g/mol. The molecule has 0 unspecified atom stereocenters. The predicted molar refractivity (Wildman–Crippen MR) is 85.9 cm³/mol. The van der Waals surface area contributed by atoms with Crippen LogP contribution in [0.15, 0.2) is 30.5 Å². The van der Waals surface area contributed by atoms with Crippen LogP contribution in [0.3, 0.4) is 0 Å². The average Bonchev–Trinajstić information content (AvgIpc) is 2.99. The molecule has 1 aromatic carbocycles. The Kier molecular flexibility index (Phi) is 4.79. The fraction of sp³-hybridized carbons (Fsp3) is 0.278.